The molecule has 0 aromatic rings. The van der Waals surface area contributed by atoms with Crippen LogP contribution in [0.5, 0.6) is 0 Å². The molecule has 0 saturated carbocycles. The molecule has 0 bridgehead atoms. The van der Waals surface area contributed by atoms with E-state index in [4.69, 9.17) is 4.55 Å². The Bertz CT molecular complexity index is 417. The van der Waals surface area contributed by atoms with Gasteiger partial charge in [0.15, 0.2) is 0 Å². The first-order chi connectivity index (χ1) is 7.61. The van der Waals surface area contributed by atoms with Gasteiger partial charge in [0.2, 0.25) is 6.17 Å². The number of allylic oxidation sites excluding steroid dienone is 2. The third kappa shape index (κ3) is 2.65. The lowest BCUT2D eigenvalue weighted by Crippen LogP contribution is -2.40. The molecule has 1 rings (SSSR count). The second-order valence-electron chi connectivity index (χ2n) is 4.37. The van der Waals surface area contributed by atoms with E-state index in [-0.39, 0.29) is 11.5 Å². The first kappa shape index (κ1) is 14.5. The van der Waals surface area contributed by atoms with Crippen molar-refractivity contribution in [3.63, 3.8) is 0 Å². The zero-order chi connectivity index (χ0) is 13.4. The van der Waals surface area contributed by atoms with Crippen molar-refractivity contribution in [3.8, 4) is 0 Å². The van der Waals surface area contributed by atoms with Crippen LogP contribution in [-0.2, 0) is 10.1 Å². The third-order valence-electron chi connectivity index (χ3n) is 3.11. The Hall–Kier alpha value is -0.560. The van der Waals surface area contributed by atoms with Gasteiger partial charge in [-0.05, 0) is 30.3 Å². The predicted octanol–water partition coefficient (Wildman–Crippen LogP) is 2.80. The maximum Gasteiger partial charge on any atom is 0.403 e. The lowest BCUT2D eigenvalue weighted by molar-refractivity contribution is 0.0110. The fraction of sp³-hybridized carbons (Fsp3) is 0.800. The molecule has 0 saturated heterocycles. The lowest BCUT2D eigenvalue weighted by Gasteiger charge is -2.21. The van der Waals surface area contributed by atoms with E-state index in [0.717, 1.165) is 0 Å². The summed E-state index contributed by atoms with van der Waals surface area (Å²) in [5.41, 5.74) is -0.237. The van der Waals surface area contributed by atoms with Crippen LogP contribution in [0.25, 0.3) is 0 Å². The van der Waals surface area contributed by atoms with Crippen LogP contribution in [0.4, 0.5) is 13.2 Å². The molecule has 0 radical (unpaired) electrons. The molecule has 17 heavy (non-hydrogen) atoms. The van der Waals surface area contributed by atoms with Crippen molar-refractivity contribution in [1.29, 1.82) is 0 Å². The summed E-state index contributed by atoms with van der Waals surface area (Å²) in [4.78, 5) is 0. The lowest BCUT2D eigenvalue weighted by atomic mass is 9.98. The summed E-state index contributed by atoms with van der Waals surface area (Å²) >= 11 is 0. The maximum atomic E-state index is 13.6. The molecule has 100 valence electrons. The minimum absolute atomic E-state index is 0.0181. The van der Waals surface area contributed by atoms with Crippen LogP contribution >= 0.6 is 0 Å². The van der Waals surface area contributed by atoms with Crippen LogP contribution < -0.4 is 0 Å². The van der Waals surface area contributed by atoms with Crippen LogP contribution in [0.15, 0.2) is 11.6 Å². The average molecular weight is 272 g/mol. The van der Waals surface area contributed by atoms with Crippen LogP contribution in [0, 0.1) is 11.8 Å². The van der Waals surface area contributed by atoms with Gasteiger partial charge in [0.25, 0.3) is 0 Å². The number of rotatable bonds is 4. The van der Waals surface area contributed by atoms with E-state index in [1.165, 1.54) is 6.08 Å². The Morgan fingerprint density at radius 2 is 2.12 bits per heavy atom. The maximum absolute atomic E-state index is 13.6. The van der Waals surface area contributed by atoms with Crippen molar-refractivity contribution < 1.29 is 26.1 Å². The highest BCUT2D eigenvalue weighted by molar-refractivity contribution is 7.86. The highest BCUT2D eigenvalue weighted by Gasteiger charge is 2.55. The first-order valence-corrected chi connectivity index (χ1v) is 6.75. The Morgan fingerprint density at radius 3 is 2.47 bits per heavy atom. The number of halogens is 3. The molecule has 0 aromatic heterocycles. The normalized spacial score (nSPS) is 28.0. The van der Waals surface area contributed by atoms with Crippen molar-refractivity contribution in [2.24, 2.45) is 11.8 Å². The zero-order valence-electron chi connectivity index (χ0n) is 9.53. The van der Waals surface area contributed by atoms with E-state index in [0.29, 0.717) is 12.8 Å². The number of hydrogen-bond acceptors (Lipinski definition) is 2. The summed E-state index contributed by atoms with van der Waals surface area (Å²) in [6.45, 7) is 3.40. The van der Waals surface area contributed by atoms with Crippen LogP contribution in [0.1, 0.15) is 26.7 Å². The molecule has 0 aliphatic heterocycles. The molecule has 0 spiro atoms. The molecule has 1 aliphatic rings. The Balaban J connectivity index is 3.02. The van der Waals surface area contributed by atoms with Gasteiger partial charge >= 0.3 is 15.4 Å². The van der Waals surface area contributed by atoms with E-state index in [2.05, 4.69) is 0 Å². The monoisotopic (exact) mass is 272 g/mol. The summed E-state index contributed by atoms with van der Waals surface area (Å²) in [6.07, 6.45) is -0.427. The van der Waals surface area contributed by atoms with Crippen molar-refractivity contribution in [3.05, 3.63) is 11.6 Å². The first-order valence-electron chi connectivity index (χ1n) is 5.31. The molecular formula is C10H15F3O3S. The summed E-state index contributed by atoms with van der Waals surface area (Å²) in [6, 6.07) is 0. The van der Waals surface area contributed by atoms with Crippen molar-refractivity contribution in [2.45, 2.75) is 38.1 Å². The molecule has 0 aromatic carbocycles. The summed E-state index contributed by atoms with van der Waals surface area (Å²) < 4.78 is 69.1. The fourth-order valence-corrected chi connectivity index (χ4v) is 2.44. The van der Waals surface area contributed by atoms with Gasteiger partial charge < -0.3 is 0 Å². The topological polar surface area (TPSA) is 54.4 Å². The van der Waals surface area contributed by atoms with Gasteiger partial charge in [-0.25, -0.2) is 4.39 Å². The molecule has 0 amide bonds. The average Bonchev–Trinajstić information content (AvgIpc) is 2.56. The Morgan fingerprint density at radius 1 is 1.59 bits per heavy atom. The van der Waals surface area contributed by atoms with E-state index < -0.39 is 27.5 Å². The van der Waals surface area contributed by atoms with Gasteiger partial charge in [0.05, 0.1) is 0 Å². The molecular weight excluding hydrogens is 257 g/mol. The predicted molar refractivity (Wildman–Crippen MR) is 57.0 cm³/mol. The summed E-state index contributed by atoms with van der Waals surface area (Å²) in [5, 5.41) is -4.78. The summed E-state index contributed by atoms with van der Waals surface area (Å²) in [7, 11) is -5.74. The van der Waals surface area contributed by atoms with Gasteiger partial charge in [0, 0.05) is 0 Å². The van der Waals surface area contributed by atoms with Crippen molar-refractivity contribution >= 4 is 10.1 Å². The fourth-order valence-electron chi connectivity index (χ4n) is 2.04. The minimum atomic E-state index is -5.74. The largest absolute Gasteiger partial charge is 0.403 e. The molecule has 3 nitrogen and oxygen atoms in total. The van der Waals surface area contributed by atoms with Crippen molar-refractivity contribution in [2.75, 3.05) is 0 Å². The van der Waals surface area contributed by atoms with Crippen LogP contribution in [0.2, 0.25) is 0 Å². The molecule has 7 heteroatoms. The van der Waals surface area contributed by atoms with Gasteiger partial charge in [0.1, 0.15) is 0 Å². The number of hydrogen-bond donors (Lipinski definition) is 1. The minimum Gasteiger partial charge on any atom is -0.281 e. The Kier molecular flexibility index (Phi) is 3.93. The van der Waals surface area contributed by atoms with Crippen LogP contribution in [-0.4, -0.2) is 24.4 Å². The van der Waals surface area contributed by atoms with Gasteiger partial charge in [-0.15, -0.1) is 0 Å². The summed E-state index contributed by atoms with van der Waals surface area (Å²) in [5.74, 6) is -0.460. The van der Waals surface area contributed by atoms with E-state index in [1.807, 2.05) is 6.92 Å². The molecule has 2 unspecified atom stereocenters. The van der Waals surface area contributed by atoms with E-state index in [1.54, 1.807) is 6.92 Å². The standard InChI is InChI=1S/C10H15F3O3S/c1-3-7-4-6(2)8(5-7)9(11)10(12,13)17(14,15)16/h5-7,9H,3-4H2,1-2H3,(H,14,15,16)/t6-,7?,9?/m0/s1. The van der Waals surface area contributed by atoms with Gasteiger partial charge in [-0.2, -0.15) is 17.2 Å². The van der Waals surface area contributed by atoms with Gasteiger partial charge in [-0.3, -0.25) is 4.55 Å². The zero-order valence-corrected chi connectivity index (χ0v) is 10.3. The SMILES string of the molecule is CCC1C=C(C(F)C(F)(F)S(=O)(=O)O)[C@@H](C)C1. The quantitative estimate of drug-likeness (QED) is 0.632. The molecule has 0 fully saturated rings. The van der Waals surface area contributed by atoms with Crippen LogP contribution in [0.3, 0.4) is 0 Å². The molecule has 0 heterocycles. The third-order valence-corrected chi connectivity index (χ3v) is 4.00. The second kappa shape index (κ2) is 4.61. The van der Waals surface area contributed by atoms with Gasteiger partial charge in [-0.1, -0.05) is 19.9 Å². The van der Waals surface area contributed by atoms with Crippen molar-refractivity contribution in [1.82, 2.24) is 0 Å². The molecule has 1 N–H and O–H groups in total. The highest BCUT2D eigenvalue weighted by Crippen LogP contribution is 2.41. The Labute approximate surface area is 98.5 Å². The molecule has 1 aliphatic carbocycles. The highest BCUT2D eigenvalue weighted by atomic mass is 32.2. The number of alkyl halides is 3. The van der Waals surface area contributed by atoms with E-state index in [9.17, 15) is 21.6 Å². The molecule has 3 atom stereocenters. The smallest absolute Gasteiger partial charge is 0.281 e. The second-order valence-corrected chi connectivity index (χ2v) is 5.87. The van der Waals surface area contributed by atoms with E-state index >= 15 is 0 Å².